The van der Waals surface area contributed by atoms with Crippen LogP contribution < -0.4 is 0 Å². The molecule has 2 N–H and O–H groups in total. The predicted molar refractivity (Wildman–Crippen MR) is 69.8 cm³/mol. The lowest BCUT2D eigenvalue weighted by molar-refractivity contribution is 0.0615. The van der Waals surface area contributed by atoms with Gasteiger partial charge in [-0.2, -0.15) is 0 Å². The fraction of sp³-hybridized carbons (Fsp3) is 0.571. The van der Waals surface area contributed by atoms with E-state index in [9.17, 15) is 10.2 Å². The van der Waals surface area contributed by atoms with Crippen LogP contribution in [0.25, 0.3) is 0 Å². The monoisotopic (exact) mass is 251 g/mol. The summed E-state index contributed by atoms with van der Waals surface area (Å²) in [6, 6.07) is 4.86. The minimum absolute atomic E-state index is 0.0182. The van der Waals surface area contributed by atoms with E-state index >= 15 is 0 Å². The minimum Gasteiger partial charge on any atom is -0.507 e. The number of rotatable bonds is 2. The molecule has 4 heteroatoms. The Morgan fingerprint density at radius 1 is 1.33 bits per heavy atom. The van der Waals surface area contributed by atoms with Crippen molar-refractivity contribution in [3.05, 3.63) is 23.8 Å². The largest absolute Gasteiger partial charge is 0.507 e. The van der Waals surface area contributed by atoms with Gasteiger partial charge in [0.2, 0.25) is 0 Å². The summed E-state index contributed by atoms with van der Waals surface area (Å²) in [4.78, 5) is 2.24. The first-order chi connectivity index (χ1) is 8.59. The fourth-order valence-electron chi connectivity index (χ4n) is 2.53. The number of hydrogen-bond donors (Lipinski definition) is 2. The first-order valence-electron chi connectivity index (χ1n) is 6.46. The summed E-state index contributed by atoms with van der Waals surface area (Å²) in [6.45, 7) is 6.56. The molecule has 0 amide bonds. The van der Waals surface area contributed by atoms with Crippen LogP contribution in [0, 0.1) is 0 Å². The van der Waals surface area contributed by atoms with Crippen LogP contribution in [0.2, 0.25) is 0 Å². The van der Waals surface area contributed by atoms with Gasteiger partial charge in [0.25, 0.3) is 0 Å². The maximum Gasteiger partial charge on any atom is 0.124 e. The molecule has 18 heavy (non-hydrogen) atoms. The van der Waals surface area contributed by atoms with E-state index < -0.39 is 0 Å². The smallest absolute Gasteiger partial charge is 0.124 e. The minimum atomic E-state index is -0.0182. The molecule has 1 heterocycles. The van der Waals surface area contributed by atoms with Crippen molar-refractivity contribution >= 4 is 0 Å². The van der Waals surface area contributed by atoms with Crippen molar-refractivity contribution in [2.45, 2.75) is 32.4 Å². The van der Waals surface area contributed by atoms with Crippen molar-refractivity contribution in [1.82, 2.24) is 4.90 Å². The van der Waals surface area contributed by atoms with Crippen LogP contribution in [-0.4, -0.2) is 40.9 Å². The van der Waals surface area contributed by atoms with Gasteiger partial charge in [-0.25, -0.2) is 0 Å². The van der Waals surface area contributed by atoms with Gasteiger partial charge in [0, 0.05) is 25.7 Å². The van der Waals surface area contributed by atoms with E-state index in [2.05, 4.69) is 11.8 Å². The number of phenolic OH excluding ortho intramolecular Hbond substituents is 2. The average Bonchev–Trinajstić information content (AvgIpc) is 2.53. The van der Waals surface area contributed by atoms with Crippen molar-refractivity contribution in [3.8, 4) is 11.5 Å². The highest BCUT2D eigenvalue weighted by atomic mass is 16.5. The first-order valence-corrected chi connectivity index (χ1v) is 6.46. The van der Waals surface area contributed by atoms with Crippen LogP contribution in [-0.2, 0) is 4.74 Å². The lowest BCUT2D eigenvalue weighted by Crippen LogP contribution is -2.32. The van der Waals surface area contributed by atoms with E-state index in [1.54, 1.807) is 18.2 Å². The Morgan fingerprint density at radius 2 is 2.00 bits per heavy atom. The molecule has 1 aliphatic rings. The van der Waals surface area contributed by atoms with Crippen molar-refractivity contribution < 1.29 is 14.9 Å². The third kappa shape index (κ3) is 2.76. The highest BCUT2D eigenvalue weighted by Crippen LogP contribution is 2.35. The standard InChI is InChI=1S/C14H21NO3/c1-10-9-15(7-4-8-18-10)11(2)14-12(16)5-3-6-13(14)17/h3,5-6,10-11,16-17H,4,7-9H2,1-2H3. The number of ether oxygens (including phenoxy) is 1. The maximum absolute atomic E-state index is 9.91. The lowest BCUT2D eigenvalue weighted by Gasteiger charge is -2.29. The second kappa shape index (κ2) is 5.59. The zero-order valence-electron chi connectivity index (χ0n) is 11.0. The van der Waals surface area contributed by atoms with Gasteiger partial charge in [-0.1, -0.05) is 6.07 Å². The molecule has 1 aromatic rings. The molecule has 1 aliphatic heterocycles. The average molecular weight is 251 g/mol. The maximum atomic E-state index is 9.91. The molecular formula is C14H21NO3. The fourth-order valence-corrected chi connectivity index (χ4v) is 2.53. The molecule has 1 fully saturated rings. The predicted octanol–water partition coefficient (Wildman–Crippen LogP) is 2.27. The van der Waals surface area contributed by atoms with Gasteiger partial charge in [-0.05, 0) is 32.4 Å². The molecule has 0 aliphatic carbocycles. The van der Waals surface area contributed by atoms with Crippen LogP contribution in [0.1, 0.15) is 31.9 Å². The second-order valence-corrected chi connectivity index (χ2v) is 4.92. The van der Waals surface area contributed by atoms with Gasteiger partial charge < -0.3 is 14.9 Å². The molecule has 0 spiro atoms. The van der Waals surface area contributed by atoms with Crippen LogP contribution in [0.4, 0.5) is 0 Å². The molecule has 0 bridgehead atoms. The lowest BCUT2D eigenvalue weighted by atomic mass is 10.0. The molecule has 1 aromatic carbocycles. The molecule has 0 radical (unpaired) electrons. The summed E-state index contributed by atoms with van der Waals surface area (Å²) in [5.41, 5.74) is 0.603. The summed E-state index contributed by atoms with van der Waals surface area (Å²) in [5.74, 6) is 0.306. The number of benzene rings is 1. The van der Waals surface area contributed by atoms with Gasteiger partial charge in [-0.3, -0.25) is 4.90 Å². The van der Waals surface area contributed by atoms with Gasteiger partial charge in [0.1, 0.15) is 11.5 Å². The van der Waals surface area contributed by atoms with Crippen molar-refractivity contribution in [3.63, 3.8) is 0 Å². The quantitative estimate of drug-likeness (QED) is 0.846. The van der Waals surface area contributed by atoms with Gasteiger partial charge >= 0.3 is 0 Å². The van der Waals surface area contributed by atoms with E-state index in [1.807, 2.05) is 6.92 Å². The normalized spacial score (nSPS) is 23.6. The number of phenols is 2. The number of hydrogen-bond acceptors (Lipinski definition) is 4. The molecule has 100 valence electrons. The van der Waals surface area contributed by atoms with E-state index in [1.165, 1.54) is 0 Å². The molecule has 0 aromatic heterocycles. The van der Waals surface area contributed by atoms with Crippen LogP contribution in [0.5, 0.6) is 11.5 Å². The Balaban J connectivity index is 2.21. The zero-order valence-corrected chi connectivity index (χ0v) is 11.0. The molecule has 2 atom stereocenters. The number of nitrogens with zero attached hydrogens (tertiary/aromatic N) is 1. The van der Waals surface area contributed by atoms with E-state index in [0.29, 0.717) is 5.56 Å². The van der Waals surface area contributed by atoms with E-state index in [4.69, 9.17) is 4.74 Å². The Morgan fingerprint density at radius 3 is 2.67 bits per heavy atom. The van der Waals surface area contributed by atoms with Crippen molar-refractivity contribution in [2.24, 2.45) is 0 Å². The Hall–Kier alpha value is -1.26. The Labute approximate surface area is 108 Å². The summed E-state index contributed by atoms with van der Waals surface area (Å²) >= 11 is 0. The highest BCUT2D eigenvalue weighted by molar-refractivity contribution is 5.44. The third-order valence-corrected chi connectivity index (χ3v) is 3.51. The zero-order chi connectivity index (χ0) is 13.1. The van der Waals surface area contributed by atoms with Crippen LogP contribution in [0.15, 0.2) is 18.2 Å². The molecule has 1 saturated heterocycles. The Kier molecular flexibility index (Phi) is 4.09. The summed E-state index contributed by atoms with van der Waals surface area (Å²) in [5, 5.41) is 19.8. The van der Waals surface area contributed by atoms with Gasteiger partial charge in [0.05, 0.1) is 11.7 Å². The molecule has 2 unspecified atom stereocenters. The topological polar surface area (TPSA) is 52.9 Å². The third-order valence-electron chi connectivity index (χ3n) is 3.51. The highest BCUT2D eigenvalue weighted by Gasteiger charge is 2.24. The van der Waals surface area contributed by atoms with Gasteiger partial charge in [-0.15, -0.1) is 0 Å². The van der Waals surface area contributed by atoms with Crippen molar-refractivity contribution in [2.75, 3.05) is 19.7 Å². The van der Waals surface area contributed by atoms with Crippen molar-refractivity contribution in [1.29, 1.82) is 0 Å². The van der Waals surface area contributed by atoms with Gasteiger partial charge in [0.15, 0.2) is 0 Å². The summed E-state index contributed by atoms with van der Waals surface area (Å²) in [6.07, 6.45) is 1.16. The summed E-state index contributed by atoms with van der Waals surface area (Å²) in [7, 11) is 0. The number of aromatic hydroxyl groups is 2. The Bertz CT molecular complexity index is 388. The molecule has 0 saturated carbocycles. The van der Waals surface area contributed by atoms with Crippen LogP contribution >= 0.6 is 0 Å². The summed E-state index contributed by atoms with van der Waals surface area (Å²) < 4.78 is 5.61. The molecular weight excluding hydrogens is 230 g/mol. The second-order valence-electron chi connectivity index (χ2n) is 4.92. The van der Waals surface area contributed by atoms with E-state index in [0.717, 1.165) is 26.1 Å². The molecule has 2 rings (SSSR count). The first kappa shape index (κ1) is 13.2. The van der Waals surface area contributed by atoms with Crippen LogP contribution in [0.3, 0.4) is 0 Å². The van der Waals surface area contributed by atoms with E-state index in [-0.39, 0.29) is 23.6 Å². The molecule has 4 nitrogen and oxygen atoms in total. The SMILES string of the molecule is CC1CN(C(C)c2c(O)cccc2O)CCCO1.